The van der Waals surface area contributed by atoms with Crippen LogP contribution >= 0.6 is 0 Å². The lowest BCUT2D eigenvalue weighted by Gasteiger charge is -2.40. The van der Waals surface area contributed by atoms with Crippen LogP contribution in [0.15, 0.2) is 0 Å². The third-order valence-electron chi connectivity index (χ3n) is 4.88. The van der Waals surface area contributed by atoms with Crippen LogP contribution in [0.1, 0.15) is 58.8 Å². The fourth-order valence-corrected chi connectivity index (χ4v) is 3.73. The summed E-state index contributed by atoms with van der Waals surface area (Å²) >= 11 is 0. The number of hydrogen-bond donors (Lipinski definition) is 1. The Kier molecular flexibility index (Phi) is 5.48. The molecule has 0 aliphatic carbocycles. The van der Waals surface area contributed by atoms with Crippen molar-refractivity contribution >= 4 is 12.0 Å². The number of urea groups is 1. The number of likely N-dealkylation sites (tertiary alicyclic amines) is 2. The van der Waals surface area contributed by atoms with Gasteiger partial charge in [0.2, 0.25) is 0 Å². The third-order valence-corrected chi connectivity index (χ3v) is 4.88. The van der Waals surface area contributed by atoms with Crippen LogP contribution in [0.5, 0.6) is 0 Å². The number of carboxylic acids is 1. The van der Waals surface area contributed by atoms with Crippen molar-refractivity contribution in [2.24, 2.45) is 5.92 Å². The lowest BCUT2D eigenvalue weighted by Crippen LogP contribution is -2.52. The van der Waals surface area contributed by atoms with E-state index >= 15 is 0 Å². The Morgan fingerprint density at radius 3 is 2.48 bits per heavy atom. The largest absolute Gasteiger partial charge is 0.481 e. The maximum Gasteiger partial charge on any atom is 0.320 e. The molecule has 21 heavy (non-hydrogen) atoms. The molecule has 0 aromatic carbocycles. The van der Waals surface area contributed by atoms with E-state index in [9.17, 15) is 9.59 Å². The molecule has 120 valence electrons. The number of aliphatic carboxylic acids is 1. The Hall–Kier alpha value is -1.26. The Balaban J connectivity index is 2.02. The Labute approximate surface area is 127 Å². The van der Waals surface area contributed by atoms with E-state index in [2.05, 4.69) is 13.8 Å². The number of carbonyl (C=O) groups is 2. The Morgan fingerprint density at radius 2 is 1.81 bits per heavy atom. The first kappa shape index (κ1) is 16.1. The molecule has 5 heteroatoms. The maximum absolute atomic E-state index is 12.9. The highest BCUT2D eigenvalue weighted by molar-refractivity contribution is 5.76. The van der Waals surface area contributed by atoms with Gasteiger partial charge in [0.25, 0.3) is 0 Å². The van der Waals surface area contributed by atoms with Gasteiger partial charge in [0.1, 0.15) is 0 Å². The molecule has 0 saturated carbocycles. The Morgan fingerprint density at radius 1 is 1.10 bits per heavy atom. The van der Waals surface area contributed by atoms with Gasteiger partial charge >= 0.3 is 12.0 Å². The van der Waals surface area contributed by atoms with Crippen molar-refractivity contribution in [3.63, 3.8) is 0 Å². The number of carbonyl (C=O) groups excluding carboxylic acids is 1. The van der Waals surface area contributed by atoms with E-state index in [0.29, 0.717) is 18.4 Å². The minimum Gasteiger partial charge on any atom is -0.481 e. The minimum atomic E-state index is -0.769. The number of rotatable bonds is 4. The van der Waals surface area contributed by atoms with Crippen molar-refractivity contribution < 1.29 is 14.7 Å². The summed E-state index contributed by atoms with van der Waals surface area (Å²) < 4.78 is 0. The van der Waals surface area contributed by atoms with Crippen molar-refractivity contribution in [3.05, 3.63) is 0 Å². The van der Waals surface area contributed by atoms with Crippen LogP contribution in [0.2, 0.25) is 0 Å². The number of nitrogens with zero attached hydrogens (tertiary/aromatic N) is 2. The topological polar surface area (TPSA) is 60.9 Å². The molecule has 1 N–H and O–H groups in total. The first-order valence-corrected chi connectivity index (χ1v) is 8.29. The van der Waals surface area contributed by atoms with Crippen molar-refractivity contribution in [1.29, 1.82) is 0 Å². The van der Waals surface area contributed by atoms with E-state index in [-0.39, 0.29) is 18.5 Å². The molecule has 2 amide bonds. The van der Waals surface area contributed by atoms with Gasteiger partial charge in [0.05, 0.1) is 0 Å². The first-order valence-electron chi connectivity index (χ1n) is 8.29. The molecule has 0 aromatic rings. The zero-order valence-corrected chi connectivity index (χ0v) is 13.3. The molecule has 2 fully saturated rings. The number of hydrogen-bond acceptors (Lipinski definition) is 2. The van der Waals surface area contributed by atoms with E-state index in [1.807, 2.05) is 9.80 Å². The van der Waals surface area contributed by atoms with Gasteiger partial charge in [-0.25, -0.2) is 4.79 Å². The number of piperidine rings is 1. The van der Waals surface area contributed by atoms with Crippen LogP contribution in [0, 0.1) is 5.92 Å². The highest BCUT2D eigenvalue weighted by Gasteiger charge is 2.36. The molecule has 2 heterocycles. The summed E-state index contributed by atoms with van der Waals surface area (Å²) in [5, 5.41) is 8.88. The van der Waals surface area contributed by atoms with Crippen molar-refractivity contribution in [1.82, 2.24) is 9.80 Å². The summed E-state index contributed by atoms with van der Waals surface area (Å²) in [5.74, 6) is -0.284. The average molecular weight is 296 g/mol. The molecule has 2 atom stereocenters. The molecule has 0 aromatic heterocycles. The van der Waals surface area contributed by atoms with Gasteiger partial charge in [0, 0.05) is 31.6 Å². The summed E-state index contributed by atoms with van der Waals surface area (Å²) in [6.07, 6.45) is 6.00. The van der Waals surface area contributed by atoms with Crippen LogP contribution in [-0.4, -0.2) is 52.1 Å². The fourth-order valence-electron chi connectivity index (χ4n) is 3.73. The van der Waals surface area contributed by atoms with Crippen LogP contribution in [0.25, 0.3) is 0 Å². The molecule has 2 rings (SSSR count). The van der Waals surface area contributed by atoms with E-state index < -0.39 is 5.97 Å². The lowest BCUT2D eigenvalue weighted by atomic mass is 9.98. The summed E-state index contributed by atoms with van der Waals surface area (Å²) in [6.45, 7) is 5.98. The second-order valence-corrected chi connectivity index (χ2v) is 6.70. The zero-order valence-electron chi connectivity index (χ0n) is 13.3. The first-order chi connectivity index (χ1) is 10.0. The normalized spacial score (nSPS) is 26.4. The lowest BCUT2D eigenvalue weighted by molar-refractivity contribution is -0.137. The second kappa shape index (κ2) is 7.14. The van der Waals surface area contributed by atoms with Crippen molar-refractivity contribution in [3.8, 4) is 0 Å². The predicted molar refractivity (Wildman–Crippen MR) is 81.2 cm³/mol. The van der Waals surface area contributed by atoms with E-state index in [4.69, 9.17) is 5.11 Å². The molecule has 0 spiro atoms. The molecule has 2 unspecified atom stereocenters. The van der Waals surface area contributed by atoms with Gasteiger partial charge in [-0.15, -0.1) is 0 Å². The molecular weight excluding hydrogens is 268 g/mol. The van der Waals surface area contributed by atoms with Gasteiger partial charge in [-0.05, 0) is 44.4 Å². The monoisotopic (exact) mass is 296 g/mol. The summed E-state index contributed by atoms with van der Waals surface area (Å²) in [7, 11) is 0. The highest BCUT2D eigenvalue weighted by Crippen LogP contribution is 2.28. The van der Waals surface area contributed by atoms with E-state index in [1.165, 1.54) is 0 Å². The summed E-state index contributed by atoms with van der Waals surface area (Å²) in [4.78, 5) is 27.7. The van der Waals surface area contributed by atoms with E-state index in [1.54, 1.807) is 0 Å². The van der Waals surface area contributed by atoms with Crippen LogP contribution in [-0.2, 0) is 4.79 Å². The molecule has 2 aliphatic rings. The van der Waals surface area contributed by atoms with Gasteiger partial charge < -0.3 is 14.9 Å². The Bertz CT molecular complexity index is 384. The third kappa shape index (κ3) is 3.89. The van der Waals surface area contributed by atoms with E-state index in [0.717, 1.165) is 45.2 Å². The standard InChI is InChI=1S/C16H28N2O3/c1-12(2)14-7-5-11-18(14)16(21)17-10-4-3-6-13(17)8-9-15(19)20/h12-14H,3-11H2,1-2H3,(H,19,20). The van der Waals surface area contributed by atoms with Gasteiger partial charge in [-0.2, -0.15) is 0 Å². The quantitative estimate of drug-likeness (QED) is 0.867. The van der Waals surface area contributed by atoms with Crippen molar-refractivity contribution in [2.45, 2.75) is 70.9 Å². The predicted octanol–water partition coefficient (Wildman–Crippen LogP) is 2.95. The van der Waals surface area contributed by atoms with Crippen LogP contribution < -0.4 is 0 Å². The van der Waals surface area contributed by atoms with Crippen LogP contribution in [0.3, 0.4) is 0 Å². The van der Waals surface area contributed by atoms with Crippen molar-refractivity contribution in [2.75, 3.05) is 13.1 Å². The van der Waals surface area contributed by atoms with Gasteiger partial charge in [0.15, 0.2) is 0 Å². The summed E-state index contributed by atoms with van der Waals surface area (Å²) in [6, 6.07) is 0.594. The van der Waals surface area contributed by atoms with Gasteiger partial charge in [-0.3, -0.25) is 4.79 Å². The minimum absolute atomic E-state index is 0.107. The number of carboxylic acid groups (broad SMARTS) is 1. The highest BCUT2D eigenvalue weighted by atomic mass is 16.4. The smallest absolute Gasteiger partial charge is 0.320 e. The average Bonchev–Trinajstić information content (AvgIpc) is 2.94. The maximum atomic E-state index is 12.9. The molecule has 2 aliphatic heterocycles. The zero-order chi connectivity index (χ0) is 15.4. The van der Waals surface area contributed by atoms with Crippen LogP contribution in [0.4, 0.5) is 4.79 Å². The SMILES string of the molecule is CC(C)C1CCCN1C(=O)N1CCCCC1CCC(=O)O. The molecule has 5 nitrogen and oxygen atoms in total. The summed E-state index contributed by atoms with van der Waals surface area (Å²) in [5.41, 5.74) is 0. The molecular formula is C16H28N2O3. The second-order valence-electron chi connectivity index (χ2n) is 6.70. The number of amides is 2. The molecule has 0 radical (unpaired) electrons. The molecule has 0 bridgehead atoms. The van der Waals surface area contributed by atoms with Gasteiger partial charge in [-0.1, -0.05) is 13.8 Å². The fraction of sp³-hybridized carbons (Fsp3) is 0.875. The molecule has 2 saturated heterocycles.